The molecule has 1 unspecified atom stereocenters. The summed E-state index contributed by atoms with van der Waals surface area (Å²) in [5.41, 5.74) is 3.81. The molecule has 0 heteroatoms. The molecule has 66 valence electrons. The molecule has 0 bridgehead atoms. The summed E-state index contributed by atoms with van der Waals surface area (Å²) >= 11 is 0. The van der Waals surface area contributed by atoms with Gasteiger partial charge >= 0.3 is 0 Å². The van der Waals surface area contributed by atoms with E-state index in [0.717, 1.165) is 11.8 Å². The van der Waals surface area contributed by atoms with E-state index in [2.05, 4.69) is 0 Å². The second-order valence-corrected chi connectivity index (χ2v) is 4.82. The first kappa shape index (κ1) is 7.17. The van der Waals surface area contributed by atoms with Gasteiger partial charge in [0.15, 0.2) is 0 Å². The highest BCUT2D eigenvalue weighted by molar-refractivity contribution is 5.29. The van der Waals surface area contributed by atoms with Gasteiger partial charge in [-0.2, -0.15) is 0 Å². The molecular formula is C12H18. The van der Waals surface area contributed by atoms with Gasteiger partial charge in [-0.15, -0.1) is 0 Å². The van der Waals surface area contributed by atoms with Crippen molar-refractivity contribution in [2.75, 3.05) is 0 Å². The Morgan fingerprint density at radius 1 is 0.833 bits per heavy atom. The smallest absolute Gasteiger partial charge is 0.0172 e. The van der Waals surface area contributed by atoms with Crippen LogP contribution in [0.3, 0.4) is 0 Å². The van der Waals surface area contributed by atoms with Crippen LogP contribution in [0.5, 0.6) is 0 Å². The van der Waals surface area contributed by atoms with Crippen molar-refractivity contribution in [2.24, 2.45) is 11.8 Å². The van der Waals surface area contributed by atoms with Crippen LogP contribution in [-0.2, 0) is 0 Å². The summed E-state index contributed by atoms with van der Waals surface area (Å²) in [6.45, 7) is 0. The molecule has 0 aliphatic heterocycles. The summed E-state index contributed by atoms with van der Waals surface area (Å²) in [7, 11) is 0. The van der Waals surface area contributed by atoms with Crippen LogP contribution in [0, 0.1) is 11.8 Å². The molecule has 12 heavy (non-hydrogen) atoms. The van der Waals surface area contributed by atoms with E-state index in [1.54, 1.807) is 6.42 Å². The third-order valence-electron chi connectivity index (χ3n) is 4.31. The molecule has 0 aromatic carbocycles. The van der Waals surface area contributed by atoms with Crippen molar-refractivity contribution >= 4 is 0 Å². The maximum atomic E-state index is 1.93. The quantitative estimate of drug-likeness (QED) is 0.477. The first-order valence-corrected chi connectivity index (χ1v) is 5.66. The Kier molecular flexibility index (Phi) is 1.56. The number of hydrogen-bond acceptors (Lipinski definition) is 0. The molecule has 3 rings (SSSR count). The highest BCUT2D eigenvalue weighted by Gasteiger charge is 2.35. The van der Waals surface area contributed by atoms with Crippen LogP contribution in [-0.4, -0.2) is 0 Å². The minimum atomic E-state index is 1.07. The van der Waals surface area contributed by atoms with Crippen LogP contribution < -0.4 is 0 Å². The summed E-state index contributed by atoms with van der Waals surface area (Å²) in [5, 5.41) is 0. The number of rotatable bonds is 0. The van der Waals surface area contributed by atoms with Crippen molar-refractivity contribution < 1.29 is 0 Å². The summed E-state index contributed by atoms with van der Waals surface area (Å²) in [6, 6.07) is 0. The minimum absolute atomic E-state index is 1.07. The van der Waals surface area contributed by atoms with Gasteiger partial charge < -0.3 is 0 Å². The Balaban J connectivity index is 1.91. The second kappa shape index (κ2) is 2.61. The molecule has 0 spiro atoms. The largest absolute Gasteiger partial charge is 0.0704 e. The number of hydrogen-bond donors (Lipinski definition) is 0. The summed E-state index contributed by atoms with van der Waals surface area (Å²) in [5.74, 6) is 2.18. The monoisotopic (exact) mass is 162 g/mol. The normalized spacial score (nSPS) is 40.0. The van der Waals surface area contributed by atoms with E-state index in [0.29, 0.717) is 0 Å². The fourth-order valence-corrected chi connectivity index (χ4v) is 3.60. The van der Waals surface area contributed by atoms with Gasteiger partial charge in [0.25, 0.3) is 0 Å². The van der Waals surface area contributed by atoms with E-state index < -0.39 is 0 Å². The zero-order valence-corrected chi connectivity index (χ0v) is 7.81. The molecule has 0 N–H and O–H groups in total. The molecule has 0 nitrogen and oxygen atoms in total. The predicted molar refractivity (Wildman–Crippen MR) is 50.9 cm³/mol. The zero-order valence-electron chi connectivity index (χ0n) is 7.81. The average molecular weight is 162 g/mol. The lowest BCUT2D eigenvalue weighted by molar-refractivity contribution is 0.402. The molecule has 3 aliphatic carbocycles. The predicted octanol–water partition coefficient (Wildman–Crippen LogP) is 3.68. The zero-order chi connectivity index (χ0) is 7.97. The van der Waals surface area contributed by atoms with E-state index in [9.17, 15) is 0 Å². The molecule has 3 aliphatic rings. The van der Waals surface area contributed by atoms with E-state index in [1.165, 1.54) is 44.9 Å². The minimum Gasteiger partial charge on any atom is -0.0704 e. The molecule has 1 saturated carbocycles. The van der Waals surface area contributed by atoms with Gasteiger partial charge in [-0.3, -0.25) is 0 Å². The molecule has 0 aromatic heterocycles. The fraction of sp³-hybridized carbons (Fsp3) is 0.833. The first-order chi connectivity index (χ1) is 5.95. The van der Waals surface area contributed by atoms with Crippen LogP contribution in [0.4, 0.5) is 0 Å². The van der Waals surface area contributed by atoms with Gasteiger partial charge in [0, 0.05) is 0 Å². The van der Waals surface area contributed by atoms with Gasteiger partial charge in [-0.25, -0.2) is 0 Å². The fourth-order valence-electron chi connectivity index (χ4n) is 3.60. The van der Waals surface area contributed by atoms with Crippen LogP contribution in [0.15, 0.2) is 11.1 Å². The van der Waals surface area contributed by atoms with E-state index in [4.69, 9.17) is 0 Å². The van der Waals surface area contributed by atoms with Crippen molar-refractivity contribution in [3.63, 3.8) is 0 Å². The Labute approximate surface area is 75.0 Å². The summed E-state index contributed by atoms with van der Waals surface area (Å²) in [6.07, 6.45) is 12.0. The highest BCUT2D eigenvalue weighted by atomic mass is 14.4. The van der Waals surface area contributed by atoms with Gasteiger partial charge in [0.1, 0.15) is 0 Å². The molecule has 0 radical (unpaired) electrons. The van der Waals surface area contributed by atoms with Gasteiger partial charge in [-0.05, 0) is 56.8 Å². The van der Waals surface area contributed by atoms with Crippen LogP contribution >= 0.6 is 0 Å². The Hall–Kier alpha value is -0.260. The third-order valence-corrected chi connectivity index (χ3v) is 4.31. The van der Waals surface area contributed by atoms with Crippen LogP contribution in [0.2, 0.25) is 0 Å². The number of allylic oxidation sites excluding steroid dienone is 2. The lowest BCUT2D eigenvalue weighted by Crippen LogP contribution is -2.15. The lowest BCUT2D eigenvalue weighted by atomic mass is 9.77. The first-order valence-electron chi connectivity index (χ1n) is 5.66. The lowest BCUT2D eigenvalue weighted by Gasteiger charge is -2.29. The van der Waals surface area contributed by atoms with Gasteiger partial charge in [0.2, 0.25) is 0 Å². The Morgan fingerprint density at radius 3 is 2.58 bits per heavy atom. The van der Waals surface area contributed by atoms with Crippen molar-refractivity contribution in [1.82, 2.24) is 0 Å². The summed E-state index contributed by atoms with van der Waals surface area (Å²) in [4.78, 5) is 0. The van der Waals surface area contributed by atoms with E-state index in [1.807, 2.05) is 11.1 Å². The SMILES string of the molecule is C1CC2=C(CC2)[C@@H]2CCCC2C1. The molecule has 1 fully saturated rings. The standard InChI is InChI=1S/C12H18/c1-3-9-5-2-6-11(9)12-8-7-10(12)4-1/h9,11H,1-8H2/t9?,11-/m1/s1. The second-order valence-electron chi connectivity index (χ2n) is 4.82. The molecule has 0 saturated heterocycles. The molecular weight excluding hydrogens is 144 g/mol. The van der Waals surface area contributed by atoms with E-state index in [-0.39, 0.29) is 0 Å². The van der Waals surface area contributed by atoms with Crippen LogP contribution in [0.1, 0.15) is 51.4 Å². The van der Waals surface area contributed by atoms with Crippen molar-refractivity contribution in [2.45, 2.75) is 51.4 Å². The topological polar surface area (TPSA) is 0 Å². The average Bonchev–Trinajstić information content (AvgIpc) is 2.41. The Morgan fingerprint density at radius 2 is 1.75 bits per heavy atom. The molecule has 2 atom stereocenters. The maximum Gasteiger partial charge on any atom is -0.0172 e. The maximum absolute atomic E-state index is 1.93. The van der Waals surface area contributed by atoms with Crippen molar-refractivity contribution in [3.8, 4) is 0 Å². The van der Waals surface area contributed by atoms with E-state index >= 15 is 0 Å². The molecule has 0 heterocycles. The molecule has 0 aromatic rings. The highest BCUT2D eigenvalue weighted by Crippen LogP contribution is 2.50. The van der Waals surface area contributed by atoms with Gasteiger partial charge in [0.05, 0.1) is 0 Å². The Bertz CT molecular complexity index is 224. The third kappa shape index (κ3) is 0.901. The van der Waals surface area contributed by atoms with Crippen molar-refractivity contribution in [1.29, 1.82) is 0 Å². The molecule has 0 amide bonds. The van der Waals surface area contributed by atoms with Gasteiger partial charge in [-0.1, -0.05) is 17.6 Å². The summed E-state index contributed by atoms with van der Waals surface area (Å²) < 4.78 is 0. The number of fused-ring (bicyclic) bond motifs is 2. The van der Waals surface area contributed by atoms with Crippen LogP contribution in [0.25, 0.3) is 0 Å². The van der Waals surface area contributed by atoms with Crippen molar-refractivity contribution in [3.05, 3.63) is 11.1 Å².